The first-order valence-electron chi connectivity index (χ1n) is 8.35. The van der Waals surface area contributed by atoms with E-state index in [0.29, 0.717) is 0 Å². The van der Waals surface area contributed by atoms with E-state index in [1.165, 1.54) is 11.1 Å². The average molecular weight is 324 g/mol. The summed E-state index contributed by atoms with van der Waals surface area (Å²) in [4.78, 5) is 12.1. The highest BCUT2D eigenvalue weighted by Crippen LogP contribution is 2.24. The Morgan fingerprint density at radius 3 is 1.17 bits per heavy atom. The lowest BCUT2D eigenvalue weighted by atomic mass is 9.87. The lowest BCUT2D eigenvalue weighted by Gasteiger charge is -2.19. The van der Waals surface area contributed by atoms with Crippen LogP contribution in [0.4, 0.5) is 16.2 Å². The van der Waals surface area contributed by atoms with Crippen LogP contribution >= 0.6 is 0 Å². The number of rotatable bonds is 2. The number of nitrogens with one attached hydrogen (secondary N) is 2. The maximum Gasteiger partial charge on any atom is 0.323 e. The molecule has 0 bridgehead atoms. The van der Waals surface area contributed by atoms with Crippen molar-refractivity contribution >= 4 is 17.4 Å². The zero-order valence-corrected chi connectivity index (χ0v) is 15.5. The van der Waals surface area contributed by atoms with Crippen LogP contribution in [0.25, 0.3) is 0 Å². The Balaban J connectivity index is 1.98. The van der Waals surface area contributed by atoms with Crippen LogP contribution in [0.5, 0.6) is 0 Å². The van der Waals surface area contributed by atoms with Gasteiger partial charge in [0.25, 0.3) is 0 Å². The molecule has 24 heavy (non-hydrogen) atoms. The fourth-order valence-corrected chi connectivity index (χ4v) is 2.40. The second-order valence-corrected chi connectivity index (χ2v) is 8.23. The number of hydrogen-bond acceptors (Lipinski definition) is 1. The van der Waals surface area contributed by atoms with Gasteiger partial charge in [0, 0.05) is 11.4 Å². The molecular formula is C21H28N2O. The Morgan fingerprint density at radius 1 is 0.625 bits per heavy atom. The minimum atomic E-state index is -0.234. The van der Waals surface area contributed by atoms with Crippen LogP contribution in [-0.2, 0) is 10.8 Å². The molecule has 2 rings (SSSR count). The van der Waals surface area contributed by atoms with Crippen molar-refractivity contribution in [2.24, 2.45) is 0 Å². The van der Waals surface area contributed by atoms with Crippen molar-refractivity contribution in [1.29, 1.82) is 0 Å². The van der Waals surface area contributed by atoms with E-state index < -0.39 is 0 Å². The minimum absolute atomic E-state index is 0.107. The third-order valence-corrected chi connectivity index (χ3v) is 4.02. The van der Waals surface area contributed by atoms with E-state index in [9.17, 15) is 4.79 Å². The summed E-state index contributed by atoms with van der Waals surface area (Å²) in [5.41, 5.74) is 4.27. The van der Waals surface area contributed by atoms with Gasteiger partial charge in [0.1, 0.15) is 0 Å². The predicted octanol–water partition coefficient (Wildman–Crippen LogP) is 5.93. The van der Waals surface area contributed by atoms with Crippen molar-refractivity contribution in [2.75, 3.05) is 10.6 Å². The molecule has 0 fully saturated rings. The Bertz CT molecular complexity index is 625. The lowest BCUT2D eigenvalue weighted by molar-refractivity contribution is 0.262. The molecule has 0 saturated heterocycles. The number of carbonyl (C=O) groups excluding carboxylic acids is 1. The van der Waals surface area contributed by atoms with Gasteiger partial charge in [-0.3, -0.25) is 0 Å². The standard InChI is InChI=1S/C21H28N2O/c1-20(2,3)15-7-11-17(12-8-15)22-19(24)23-18-13-9-16(10-14-18)21(4,5)6/h7-14H,1-6H3,(H2,22,23,24). The van der Waals surface area contributed by atoms with E-state index in [2.05, 4.69) is 52.2 Å². The molecule has 0 aliphatic rings. The first-order valence-corrected chi connectivity index (χ1v) is 8.35. The Morgan fingerprint density at radius 2 is 0.917 bits per heavy atom. The van der Waals surface area contributed by atoms with Gasteiger partial charge >= 0.3 is 6.03 Å². The number of benzene rings is 2. The molecule has 128 valence electrons. The van der Waals surface area contributed by atoms with Gasteiger partial charge < -0.3 is 10.6 Å². The van der Waals surface area contributed by atoms with Crippen LogP contribution in [0, 0.1) is 0 Å². The topological polar surface area (TPSA) is 41.1 Å². The quantitative estimate of drug-likeness (QED) is 0.706. The van der Waals surface area contributed by atoms with Gasteiger partial charge in [0.2, 0.25) is 0 Å². The molecule has 0 spiro atoms. The van der Waals surface area contributed by atoms with E-state index in [-0.39, 0.29) is 16.9 Å². The second-order valence-electron chi connectivity index (χ2n) is 8.23. The van der Waals surface area contributed by atoms with Gasteiger partial charge in [0.05, 0.1) is 0 Å². The van der Waals surface area contributed by atoms with Crippen molar-refractivity contribution in [1.82, 2.24) is 0 Å². The van der Waals surface area contributed by atoms with Gasteiger partial charge in [-0.05, 0) is 46.2 Å². The van der Waals surface area contributed by atoms with Crippen LogP contribution < -0.4 is 10.6 Å². The Hall–Kier alpha value is -2.29. The smallest absolute Gasteiger partial charge is 0.308 e. The summed E-state index contributed by atoms with van der Waals surface area (Å²) in [5, 5.41) is 5.73. The van der Waals surface area contributed by atoms with Gasteiger partial charge in [0.15, 0.2) is 0 Å². The molecule has 2 amide bonds. The van der Waals surface area contributed by atoms with Crippen molar-refractivity contribution in [3.05, 3.63) is 59.7 Å². The summed E-state index contributed by atoms with van der Waals surface area (Å²) in [6.07, 6.45) is 0. The molecule has 0 aliphatic heterocycles. The summed E-state index contributed by atoms with van der Waals surface area (Å²) < 4.78 is 0. The van der Waals surface area contributed by atoms with Crippen LogP contribution in [0.3, 0.4) is 0 Å². The number of carbonyl (C=O) groups is 1. The van der Waals surface area contributed by atoms with Gasteiger partial charge in [-0.2, -0.15) is 0 Å². The molecule has 0 saturated carbocycles. The molecule has 2 aromatic rings. The molecule has 3 nitrogen and oxygen atoms in total. The third kappa shape index (κ3) is 4.85. The average Bonchev–Trinajstić information content (AvgIpc) is 2.46. The van der Waals surface area contributed by atoms with E-state index in [0.717, 1.165) is 11.4 Å². The fraction of sp³-hybridized carbons (Fsp3) is 0.381. The van der Waals surface area contributed by atoms with Crippen LogP contribution in [0.1, 0.15) is 52.7 Å². The lowest BCUT2D eigenvalue weighted by Crippen LogP contribution is -2.20. The summed E-state index contributed by atoms with van der Waals surface area (Å²) in [7, 11) is 0. The SMILES string of the molecule is CC(C)(C)c1ccc(NC(=O)Nc2ccc(C(C)(C)C)cc2)cc1. The molecule has 0 atom stereocenters. The second kappa shape index (κ2) is 6.68. The molecule has 2 aromatic carbocycles. The highest BCUT2D eigenvalue weighted by atomic mass is 16.2. The van der Waals surface area contributed by atoms with Crippen LogP contribution in [-0.4, -0.2) is 6.03 Å². The van der Waals surface area contributed by atoms with E-state index in [1.54, 1.807) is 0 Å². The maximum absolute atomic E-state index is 12.1. The highest BCUT2D eigenvalue weighted by molar-refractivity contribution is 5.99. The van der Waals surface area contributed by atoms with Gasteiger partial charge in [-0.15, -0.1) is 0 Å². The van der Waals surface area contributed by atoms with Gasteiger partial charge in [-0.25, -0.2) is 4.79 Å². The Kier molecular flexibility index (Phi) is 5.02. The number of anilines is 2. The summed E-state index contributed by atoms with van der Waals surface area (Å²) in [6.45, 7) is 13.0. The Labute approximate surface area is 145 Å². The number of amides is 2. The molecule has 0 radical (unpaired) electrons. The molecule has 0 aromatic heterocycles. The monoisotopic (exact) mass is 324 g/mol. The van der Waals surface area contributed by atoms with Crippen LogP contribution in [0.2, 0.25) is 0 Å². The van der Waals surface area contributed by atoms with Crippen LogP contribution in [0.15, 0.2) is 48.5 Å². The molecule has 2 N–H and O–H groups in total. The molecule has 0 heterocycles. The molecule has 3 heteroatoms. The number of urea groups is 1. The molecular weight excluding hydrogens is 296 g/mol. The van der Waals surface area contributed by atoms with Crippen molar-refractivity contribution in [3.8, 4) is 0 Å². The minimum Gasteiger partial charge on any atom is -0.308 e. The zero-order chi connectivity index (χ0) is 18.0. The molecule has 0 aliphatic carbocycles. The van der Waals surface area contributed by atoms with Gasteiger partial charge in [-0.1, -0.05) is 65.8 Å². The highest BCUT2D eigenvalue weighted by Gasteiger charge is 2.14. The normalized spacial score (nSPS) is 11.9. The first kappa shape index (κ1) is 18.1. The maximum atomic E-state index is 12.1. The number of hydrogen-bond donors (Lipinski definition) is 2. The predicted molar refractivity (Wildman–Crippen MR) is 103 cm³/mol. The summed E-state index contributed by atoms with van der Waals surface area (Å²) in [5.74, 6) is 0. The van der Waals surface area contributed by atoms with E-state index >= 15 is 0 Å². The largest absolute Gasteiger partial charge is 0.323 e. The van der Waals surface area contributed by atoms with E-state index in [1.807, 2.05) is 48.5 Å². The fourth-order valence-electron chi connectivity index (χ4n) is 2.40. The summed E-state index contributed by atoms with van der Waals surface area (Å²) in [6, 6.07) is 15.7. The van der Waals surface area contributed by atoms with Crippen molar-refractivity contribution in [3.63, 3.8) is 0 Å². The summed E-state index contributed by atoms with van der Waals surface area (Å²) >= 11 is 0. The molecule has 0 unspecified atom stereocenters. The third-order valence-electron chi connectivity index (χ3n) is 4.02. The van der Waals surface area contributed by atoms with E-state index in [4.69, 9.17) is 0 Å². The van der Waals surface area contributed by atoms with Crippen molar-refractivity contribution < 1.29 is 4.79 Å². The first-order chi connectivity index (χ1) is 11.1. The van der Waals surface area contributed by atoms with Crippen molar-refractivity contribution in [2.45, 2.75) is 52.4 Å². The zero-order valence-electron chi connectivity index (χ0n) is 15.5.